The van der Waals surface area contributed by atoms with Crippen LogP contribution in [0.15, 0.2) is 59.0 Å². The van der Waals surface area contributed by atoms with Crippen LogP contribution in [0.5, 0.6) is 5.75 Å². The smallest absolute Gasteiger partial charge is 0.188 e. The predicted molar refractivity (Wildman–Crippen MR) is 85.8 cm³/mol. The number of hydrogen-bond donors (Lipinski definition) is 1. The second kappa shape index (κ2) is 6.64. The number of methoxy groups -OCH3 is 1. The van der Waals surface area contributed by atoms with Crippen molar-refractivity contribution in [2.75, 3.05) is 13.9 Å². The molecule has 0 amide bonds. The quantitative estimate of drug-likeness (QED) is 0.705. The van der Waals surface area contributed by atoms with E-state index in [0.29, 0.717) is 6.42 Å². The van der Waals surface area contributed by atoms with E-state index < -0.39 is 0 Å². The largest absolute Gasteiger partial charge is 0.468 e. The lowest BCUT2D eigenvalue weighted by molar-refractivity contribution is 0.0510. The highest BCUT2D eigenvalue weighted by atomic mass is 16.7. The van der Waals surface area contributed by atoms with Gasteiger partial charge in [0.05, 0.1) is 0 Å². The van der Waals surface area contributed by atoms with E-state index in [2.05, 4.69) is 0 Å². The molecule has 0 saturated carbocycles. The lowest BCUT2D eigenvalue weighted by Gasteiger charge is -2.12. The molecule has 1 aromatic heterocycles. The van der Waals surface area contributed by atoms with Crippen molar-refractivity contribution in [1.29, 1.82) is 0 Å². The van der Waals surface area contributed by atoms with Gasteiger partial charge in [0, 0.05) is 25.0 Å². The van der Waals surface area contributed by atoms with Crippen molar-refractivity contribution in [3.8, 4) is 5.75 Å². The topological polar surface area (TPSA) is 57.6 Å². The highest BCUT2D eigenvalue weighted by Gasteiger charge is 2.11. The standard InChI is InChI=1S/C18H19NO3/c1-20-12-21-15-7-4-6-13(9-15)17(19)11-16-10-14-5-2-3-8-18(14)22-16/h2-10,17H,11-12,19H2,1H3. The summed E-state index contributed by atoms with van der Waals surface area (Å²) in [6, 6.07) is 17.6. The number of ether oxygens (including phenoxy) is 2. The number of para-hydroxylation sites is 1. The van der Waals surface area contributed by atoms with Crippen LogP contribution in [0.3, 0.4) is 0 Å². The summed E-state index contributed by atoms with van der Waals surface area (Å²) in [6.45, 7) is 0.224. The number of furan rings is 1. The summed E-state index contributed by atoms with van der Waals surface area (Å²) < 4.78 is 16.2. The summed E-state index contributed by atoms with van der Waals surface area (Å²) in [5, 5.41) is 1.10. The Kier molecular flexibility index (Phi) is 4.42. The Morgan fingerprint density at radius 3 is 2.77 bits per heavy atom. The molecule has 0 fully saturated rings. The molecule has 0 radical (unpaired) electrons. The predicted octanol–water partition coefficient (Wildman–Crippen LogP) is 3.66. The molecule has 0 aliphatic carbocycles. The van der Waals surface area contributed by atoms with Gasteiger partial charge in [-0.15, -0.1) is 0 Å². The molecule has 4 heteroatoms. The molecule has 4 nitrogen and oxygen atoms in total. The van der Waals surface area contributed by atoms with Crippen molar-refractivity contribution < 1.29 is 13.9 Å². The third kappa shape index (κ3) is 3.30. The maximum absolute atomic E-state index is 6.30. The highest BCUT2D eigenvalue weighted by molar-refractivity contribution is 5.77. The van der Waals surface area contributed by atoms with Crippen molar-refractivity contribution >= 4 is 11.0 Å². The van der Waals surface area contributed by atoms with Gasteiger partial charge in [0.2, 0.25) is 0 Å². The number of benzene rings is 2. The molecule has 0 aliphatic heterocycles. The zero-order valence-corrected chi connectivity index (χ0v) is 12.5. The molecule has 2 aromatic carbocycles. The SMILES string of the molecule is COCOc1cccc(C(N)Cc2cc3ccccc3o2)c1. The molecule has 1 unspecified atom stereocenters. The summed E-state index contributed by atoms with van der Waals surface area (Å²) >= 11 is 0. The molecular formula is C18H19NO3. The van der Waals surface area contributed by atoms with E-state index in [9.17, 15) is 0 Å². The molecule has 0 saturated heterocycles. The van der Waals surface area contributed by atoms with E-state index in [1.54, 1.807) is 7.11 Å². The van der Waals surface area contributed by atoms with Gasteiger partial charge in [-0.1, -0.05) is 30.3 Å². The third-order valence-electron chi connectivity index (χ3n) is 3.53. The van der Waals surface area contributed by atoms with Crippen LogP contribution in [0, 0.1) is 0 Å². The zero-order chi connectivity index (χ0) is 15.4. The van der Waals surface area contributed by atoms with Crippen LogP contribution in [0.4, 0.5) is 0 Å². The molecule has 3 aromatic rings. The first-order valence-electron chi connectivity index (χ1n) is 7.21. The number of hydrogen-bond acceptors (Lipinski definition) is 4. The average Bonchev–Trinajstić information content (AvgIpc) is 2.95. The van der Waals surface area contributed by atoms with E-state index in [1.165, 1.54) is 0 Å². The minimum absolute atomic E-state index is 0.147. The number of fused-ring (bicyclic) bond motifs is 1. The fourth-order valence-corrected chi connectivity index (χ4v) is 2.43. The van der Waals surface area contributed by atoms with E-state index in [0.717, 1.165) is 28.0 Å². The molecule has 0 spiro atoms. The van der Waals surface area contributed by atoms with E-state index in [1.807, 2.05) is 54.6 Å². The summed E-state index contributed by atoms with van der Waals surface area (Å²) in [7, 11) is 1.59. The van der Waals surface area contributed by atoms with Crippen LogP contribution in [0.1, 0.15) is 17.4 Å². The van der Waals surface area contributed by atoms with Crippen LogP contribution in [-0.2, 0) is 11.2 Å². The van der Waals surface area contributed by atoms with Crippen molar-refractivity contribution in [2.45, 2.75) is 12.5 Å². The molecule has 1 atom stereocenters. The van der Waals surface area contributed by atoms with Gasteiger partial charge in [-0.2, -0.15) is 0 Å². The second-order valence-electron chi connectivity index (χ2n) is 5.18. The van der Waals surface area contributed by atoms with E-state index >= 15 is 0 Å². The molecule has 0 bridgehead atoms. The van der Waals surface area contributed by atoms with Gasteiger partial charge >= 0.3 is 0 Å². The maximum Gasteiger partial charge on any atom is 0.188 e. The first kappa shape index (κ1) is 14.6. The van der Waals surface area contributed by atoms with Gasteiger partial charge in [0.25, 0.3) is 0 Å². The molecule has 3 rings (SSSR count). The van der Waals surface area contributed by atoms with Crippen molar-refractivity contribution in [2.24, 2.45) is 5.73 Å². The molecule has 0 aliphatic rings. The zero-order valence-electron chi connectivity index (χ0n) is 12.5. The van der Waals surface area contributed by atoms with Crippen LogP contribution in [0.2, 0.25) is 0 Å². The Hall–Kier alpha value is -2.30. The van der Waals surface area contributed by atoms with Crippen LogP contribution in [-0.4, -0.2) is 13.9 Å². The minimum Gasteiger partial charge on any atom is -0.468 e. The molecule has 114 valence electrons. The van der Waals surface area contributed by atoms with E-state index in [4.69, 9.17) is 19.6 Å². The Balaban J connectivity index is 1.74. The fraction of sp³-hybridized carbons (Fsp3) is 0.222. The van der Waals surface area contributed by atoms with E-state index in [-0.39, 0.29) is 12.8 Å². The normalized spacial score (nSPS) is 12.5. The Labute approximate surface area is 129 Å². The Morgan fingerprint density at radius 1 is 1.09 bits per heavy atom. The molecule has 2 N–H and O–H groups in total. The number of nitrogens with two attached hydrogens (primary N) is 1. The summed E-state index contributed by atoms with van der Waals surface area (Å²) in [4.78, 5) is 0. The monoisotopic (exact) mass is 297 g/mol. The molecule has 22 heavy (non-hydrogen) atoms. The van der Waals surface area contributed by atoms with Crippen molar-refractivity contribution in [3.05, 3.63) is 65.9 Å². The van der Waals surface area contributed by atoms with Crippen molar-refractivity contribution in [3.63, 3.8) is 0 Å². The van der Waals surface area contributed by atoms with Crippen LogP contribution < -0.4 is 10.5 Å². The van der Waals surface area contributed by atoms with Gasteiger partial charge in [-0.05, 0) is 29.8 Å². The van der Waals surface area contributed by atoms with Crippen LogP contribution >= 0.6 is 0 Å². The van der Waals surface area contributed by atoms with Gasteiger partial charge in [-0.25, -0.2) is 0 Å². The lowest BCUT2D eigenvalue weighted by atomic mass is 10.0. The number of rotatable bonds is 6. The molecular weight excluding hydrogens is 278 g/mol. The minimum atomic E-state index is -0.147. The maximum atomic E-state index is 6.30. The van der Waals surface area contributed by atoms with Crippen LogP contribution in [0.25, 0.3) is 11.0 Å². The van der Waals surface area contributed by atoms with Gasteiger partial charge in [0.1, 0.15) is 17.1 Å². The van der Waals surface area contributed by atoms with Gasteiger partial charge in [-0.3, -0.25) is 0 Å². The second-order valence-corrected chi connectivity index (χ2v) is 5.18. The van der Waals surface area contributed by atoms with Gasteiger partial charge in [0.15, 0.2) is 6.79 Å². The van der Waals surface area contributed by atoms with Crippen molar-refractivity contribution in [1.82, 2.24) is 0 Å². The summed E-state index contributed by atoms with van der Waals surface area (Å²) in [5.74, 6) is 1.64. The molecule has 1 heterocycles. The fourth-order valence-electron chi connectivity index (χ4n) is 2.43. The summed E-state index contributed by atoms with van der Waals surface area (Å²) in [6.07, 6.45) is 0.641. The lowest BCUT2D eigenvalue weighted by Crippen LogP contribution is -2.13. The van der Waals surface area contributed by atoms with Gasteiger partial charge < -0.3 is 19.6 Å². The summed E-state index contributed by atoms with van der Waals surface area (Å²) in [5.41, 5.74) is 8.20. The Morgan fingerprint density at radius 2 is 1.95 bits per heavy atom. The Bertz CT molecular complexity index is 718. The first-order valence-corrected chi connectivity index (χ1v) is 7.21. The highest BCUT2D eigenvalue weighted by Crippen LogP contribution is 2.24. The first-order chi connectivity index (χ1) is 10.8. The third-order valence-corrected chi connectivity index (χ3v) is 3.53. The average molecular weight is 297 g/mol.